The lowest BCUT2D eigenvalue weighted by Crippen LogP contribution is -2.21. The molecule has 22 heavy (non-hydrogen) atoms. The van der Waals surface area contributed by atoms with Crippen LogP contribution >= 0.6 is 11.6 Å². The van der Waals surface area contributed by atoms with E-state index in [1.165, 1.54) is 30.3 Å². The van der Waals surface area contributed by atoms with Crippen molar-refractivity contribution in [1.82, 2.24) is 0 Å². The van der Waals surface area contributed by atoms with E-state index in [9.17, 15) is 18.4 Å². The average Bonchev–Trinajstić information content (AvgIpc) is 2.49. The van der Waals surface area contributed by atoms with Gasteiger partial charge in [0.25, 0.3) is 5.91 Å². The summed E-state index contributed by atoms with van der Waals surface area (Å²) in [6, 6.07) is 8.90. The highest BCUT2D eigenvalue weighted by Gasteiger charge is 2.16. The van der Waals surface area contributed by atoms with Gasteiger partial charge in [0.2, 0.25) is 0 Å². The zero-order valence-corrected chi connectivity index (χ0v) is 11.9. The Kier molecular flexibility index (Phi) is 5.06. The van der Waals surface area contributed by atoms with Crippen LogP contribution in [0.5, 0.6) is 0 Å². The highest BCUT2D eigenvalue weighted by molar-refractivity contribution is 6.30. The zero-order valence-electron chi connectivity index (χ0n) is 11.1. The number of benzene rings is 2. The molecule has 2 aromatic rings. The summed E-state index contributed by atoms with van der Waals surface area (Å²) < 4.78 is 31.4. The van der Waals surface area contributed by atoms with Gasteiger partial charge in [0, 0.05) is 5.02 Å². The summed E-state index contributed by atoms with van der Waals surface area (Å²) in [4.78, 5) is 23.2. The number of ether oxygens (including phenoxy) is 1. The molecule has 0 heterocycles. The van der Waals surface area contributed by atoms with Crippen molar-refractivity contribution in [2.24, 2.45) is 0 Å². The molecule has 4 nitrogen and oxygen atoms in total. The summed E-state index contributed by atoms with van der Waals surface area (Å²) in [6.45, 7) is -0.681. The molecule has 0 fully saturated rings. The van der Waals surface area contributed by atoms with Crippen molar-refractivity contribution in [3.05, 3.63) is 64.7 Å². The third-order valence-corrected chi connectivity index (χ3v) is 2.87. The highest BCUT2D eigenvalue weighted by Crippen LogP contribution is 2.16. The quantitative estimate of drug-likeness (QED) is 0.876. The van der Waals surface area contributed by atoms with Crippen LogP contribution in [0.4, 0.5) is 14.5 Å². The fourth-order valence-corrected chi connectivity index (χ4v) is 1.78. The van der Waals surface area contributed by atoms with E-state index in [-0.39, 0.29) is 16.3 Å². The maximum atomic E-state index is 13.4. The molecule has 0 saturated carbocycles. The van der Waals surface area contributed by atoms with Gasteiger partial charge in [-0.05, 0) is 30.3 Å². The van der Waals surface area contributed by atoms with Gasteiger partial charge in [0.1, 0.15) is 11.6 Å². The molecular weight excluding hydrogens is 316 g/mol. The fraction of sp³-hybridized carbons (Fsp3) is 0.0667. The van der Waals surface area contributed by atoms with E-state index in [4.69, 9.17) is 11.6 Å². The van der Waals surface area contributed by atoms with Gasteiger partial charge in [-0.15, -0.1) is 0 Å². The third kappa shape index (κ3) is 4.02. The van der Waals surface area contributed by atoms with Crippen LogP contribution in [-0.2, 0) is 9.53 Å². The molecule has 1 amide bonds. The largest absolute Gasteiger partial charge is 0.452 e. The number of hydrogen-bond donors (Lipinski definition) is 1. The minimum absolute atomic E-state index is 0.0440. The van der Waals surface area contributed by atoms with Crippen LogP contribution in [0.1, 0.15) is 10.4 Å². The van der Waals surface area contributed by atoms with Gasteiger partial charge in [-0.1, -0.05) is 23.7 Å². The zero-order chi connectivity index (χ0) is 16.1. The molecule has 2 rings (SSSR count). The lowest BCUT2D eigenvalue weighted by atomic mass is 10.2. The first kappa shape index (κ1) is 15.9. The third-order valence-electron chi connectivity index (χ3n) is 2.63. The highest BCUT2D eigenvalue weighted by atomic mass is 35.5. The number of hydrogen-bond acceptors (Lipinski definition) is 3. The Hall–Kier alpha value is -2.47. The summed E-state index contributed by atoms with van der Waals surface area (Å²) in [5.41, 5.74) is -0.427. The number of amides is 1. The van der Waals surface area contributed by atoms with E-state index < -0.39 is 30.1 Å². The van der Waals surface area contributed by atoms with Crippen molar-refractivity contribution in [1.29, 1.82) is 0 Å². The van der Waals surface area contributed by atoms with E-state index in [2.05, 4.69) is 10.1 Å². The van der Waals surface area contributed by atoms with Gasteiger partial charge in [-0.25, -0.2) is 13.6 Å². The number of carbonyl (C=O) groups excluding carboxylic acids is 2. The second-order valence-electron chi connectivity index (χ2n) is 4.23. The van der Waals surface area contributed by atoms with Crippen LogP contribution in [0.2, 0.25) is 5.02 Å². The van der Waals surface area contributed by atoms with Crippen molar-refractivity contribution in [2.75, 3.05) is 11.9 Å². The topological polar surface area (TPSA) is 55.4 Å². The normalized spacial score (nSPS) is 10.1. The first-order chi connectivity index (χ1) is 10.5. The Morgan fingerprint density at radius 3 is 2.55 bits per heavy atom. The monoisotopic (exact) mass is 325 g/mol. The number of carbonyl (C=O) groups is 2. The molecule has 0 aliphatic heterocycles. The molecule has 114 valence electrons. The van der Waals surface area contributed by atoms with E-state index in [1.54, 1.807) is 0 Å². The summed E-state index contributed by atoms with van der Waals surface area (Å²) in [5.74, 6) is -3.23. The molecule has 0 saturated heterocycles. The summed E-state index contributed by atoms with van der Waals surface area (Å²) >= 11 is 5.65. The smallest absolute Gasteiger partial charge is 0.341 e. The van der Waals surface area contributed by atoms with Crippen molar-refractivity contribution < 1.29 is 23.1 Å². The summed E-state index contributed by atoms with van der Waals surface area (Å²) in [7, 11) is 0. The molecule has 0 radical (unpaired) electrons. The van der Waals surface area contributed by atoms with Crippen molar-refractivity contribution >= 4 is 29.2 Å². The number of esters is 1. The molecule has 1 N–H and O–H groups in total. The predicted molar refractivity (Wildman–Crippen MR) is 76.7 cm³/mol. The van der Waals surface area contributed by atoms with Gasteiger partial charge in [0.05, 0.1) is 11.3 Å². The number of nitrogens with one attached hydrogen (secondary N) is 1. The van der Waals surface area contributed by atoms with Crippen LogP contribution in [-0.4, -0.2) is 18.5 Å². The van der Waals surface area contributed by atoms with Crippen LogP contribution in [0.3, 0.4) is 0 Å². The molecular formula is C15H10ClF2NO3. The standard InChI is InChI=1S/C15H10ClF2NO3/c16-9-5-6-11(17)10(7-9)15(21)22-8-14(20)19-13-4-2-1-3-12(13)18/h1-7H,8H2,(H,19,20). The maximum Gasteiger partial charge on any atom is 0.341 e. The summed E-state index contributed by atoms with van der Waals surface area (Å²) in [6.07, 6.45) is 0. The first-order valence-electron chi connectivity index (χ1n) is 6.14. The fourth-order valence-electron chi connectivity index (χ4n) is 1.61. The Balaban J connectivity index is 1.95. The molecule has 0 atom stereocenters. The second-order valence-corrected chi connectivity index (χ2v) is 4.66. The molecule has 0 unspecified atom stereocenters. The van der Waals surface area contributed by atoms with E-state index in [0.717, 1.165) is 12.1 Å². The Morgan fingerprint density at radius 2 is 1.82 bits per heavy atom. The van der Waals surface area contributed by atoms with E-state index >= 15 is 0 Å². The lowest BCUT2D eigenvalue weighted by Gasteiger charge is -2.08. The molecule has 0 spiro atoms. The second kappa shape index (κ2) is 7.00. The van der Waals surface area contributed by atoms with Crippen LogP contribution in [0.25, 0.3) is 0 Å². The van der Waals surface area contributed by atoms with E-state index in [1.807, 2.05) is 0 Å². The number of halogens is 3. The minimum atomic E-state index is -1.04. The molecule has 2 aromatic carbocycles. The summed E-state index contributed by atoms with van der Waals surface area (Å²) in [5, 5.41) is 2.39. The van der Waals surface area contributed by atoms with Crippen LogP contribution < -0.4 is 5.32 Å². The molecule has 0 aliphatic rings. The van der Waals surface area contributed by atoms with Gasteiger partial charge >= 0.3 is 5.97 Å². The first-order valence-corrected chi connectivity index (χ1v) is 6.51. The van der Waals surface area contributed by atoms with E-state index in [0.29, 0.717) is 0 Å². The Bertz CT molecular complexity index is 722. The minimum Gasteiger partial charge on any atom is -0.452 e. The Labute approximate surface area is 129 Å². The lowest BCUT2D eigenvalue weighted by molar-refractivity contribution is -0.119. The van der Waals surface area contributed by atoms with Crippen molar-refractivity contribution in [3.8, 4) is 0 Å². The predicted octanol–water partition coefficient (Wildman–Crippen LogP) is 3.41. The van der Waals surface area contributed by atoms with Gasteiger partial charge < -0.3 is 10.1 Å². The average molecular weight is 326 g/mol. The molecule has 0 aromatic heterocycles. The number of para-hydroxylation sites is 1. The SMILES string of the molecule is O=C(COC(=O)c1cc(Cl)ccc1F)Nc1ccccc1F. The van der Waals surface area contributed by atoms with Crippen LogP contribution in [0, 0.1) is 11.6 Å². The van der Waals surface area contributed by atoms with Crippen molar-refractivity contribution in [2.45, 2.75) is 0 Å². The van der Waals surface area contributed by atoms with Crippen molar-refractivity contribution in [3.63, 3.8) is 0 Å². The Morgan fingerprint density at radius 1 is 1.09 bits per heavy atom. The van der Waals surface area contributed by atoms with Gasteiger partial charge in [-0.2, -0.15) is 0 Å². The number of rotatable bonds is 4. The number of anilines is 1. The van der Waals surface area contributed by atoms with Gasteiger partial charge in [-0.3, -0.25) is 4.79 Å². The molecule has 7 heteroatoms. The van der Waals surface area contributed by atoms with Crippen LogP contribution in [0.15, 0.2) is 42.5 Å². The molecule has 0 aliphatic carbocycles. The van der Waals surface area contributed by atoms with Gasteiger partial charge in [0.15, 0.2) is 6.61 Å². The molecule has 0 bridgehead atoms. The maximum absolute atomic E-state index is 13.4.